The Hall–Kier alpha value is -2.94. The molecule has 0 amide bonds. The lowest BCUT2D eigenvalue weighted by molar-refractivity contribution is -0.235. The highest BCUT2D eigenvalue weighted by atomic mass is 16.6. The molecule has 9 nitrogen and oxygen atoms in total. The van der Waals surface area contributed by atoms with Crippen LogP contribution in [-0.2, 0) is 41.7 Å². The lowest BCUT2D eigenvalue weighted by Crippen LogP contribution is -2.55. The molecule has 0 spiro atoms. The smallest absolute Gasteiger partial charge is 0.332 e. The van der Waals surface area contributed by atoms with Gasteiger partial charge < -0.3 is 23.7 Å². The molecule has 1 saturated heterocycles. The summed E-state index contributed by atoms with van der Waals surface area (Å²) in [5, 5.41) is 3.69. The normalized spacial score (nSPS) is 22.7. The number of benzene rings is 2. The minimum atomic E-state index is -0.966. The number of nitrogens with zero attached hydrogens (tertiary/aromatic N) is 3. The fraction of sp³-hybridized carbons (Fsp3) is 0.435. The average Bonchev–Trinajstić information content (AvgIpc) is 2.83. The first kappa shape index (κ1) is 23.7. The number of azide groups is 1. The lowest BCUT2D eigenvalue weighted by atomic mass is 10.0. The molecule has 2 aromatic rings. The molecular formula is C23H27N3O6. The third kappa shape index (κ3) is 7.05. The van der Waals surface area contributed by atoms with Gasteiger partial charge in [-0.2, -0.15) is 0 Å². The van der Waals surface area contributed by atoms with Gasteiger partial charge in [-0.05, 0) is 23.6 Å². The van der Waals surface area contributed by atoms with Gasteiger partial charge in [0, 0.05) is 4.91 Å². The van der Waals surface area contributed by atoms with Crippen molar-refractivity contribution in [1.29, 1.82) is 0 Å². The standard InChI is InChI=1S/C23H27N3O6/c1-2-28-20(27)16-31-22-21(30-14-18-11-7-4-8-12-18)19(15-32-23(22)25-26-24)29-13-17-9-5-3-6-10-17/h3-12,19,21-23H,2,13-16H2,1H3/t19-,21+,22-,23-/m1/s1. The maximum Gasteiger partial charge on any atom is 0.332 e. The molecule has 1 fully saturated rings. The summed E-state index contributed by atoms with van der Waals surface area (Å²) in [4.78, 5) is 14.7. The number of carbonyl (C=O) groups is 1. The maximum absolute atomic E-state index is 11.9. The van der Waals surface area contributed by atoms with E-state index in [1.165, 1.54) is 0 Å². The molecule has 9 heteroatoms. The van der Waals surface area contributed by atoms with E-state index in [1.807, 2.05) is 60.7 Å². The number of esters is 1. The topological polar surface area (TPSA) is 112 Å². The van der Waals surface area contributed by atoms with Gasteiger partial charge in [0.2, 0.25) is 0 Å². The summed E-state index contributed by atoms with van der Waals surface area (Å²) in [6, 6.07) is 19.4. The van der Waals surface area contributed by atoms with Crippen molar-refractivity contribution in [2.24, 2.45) is 5.11 Å². The van der Waals surface area contributed by atoms with E-state index in [0.717, 1.165) is 11.1 Å². The van der Waals surface area contributed by atoms with Gasteiger partial charge in [-0.3, -0.25) is 0 Å². The van der Waals surface area contributed by atoms with Crippen LogP contribution in [0.1, 0.15) is 18.1 Å². The first-order chi connectivity index (χ1) is 15.7. The van der Waals surface area contributed by atoms with Crippen LogP contribution in [0.2, 0.25) is 0 Å². The first-order valence-electron chi connectivity index (χ1n) is 10.5. The van der Waals surface area contributed by atoms with Gasteiger partial charge in [-0.25, -0.2) is 4.79 Å². The minimum Gasteiger partial charge on any atom is -0.464 e. The van der Waals surface area contributed by atoms with Crippen molar-refractivity contribution < 1.29 is 28.5 Å². The second kappa shape index (κ2) is 12.8. The molecule has 0 aliphatic carbocycles. The lowest BCUT2D eigenvalue weighted by Gasteiger charge is -2.40. The third-order valence-corrected chi connectivity index (χ3v) is 4.86. The quantitative estimate of drug-likeness (QED) is 0.227. The summed E-state index contributed by atoms with van der Waals surface area (Å²) in [6.45, 7) is 2.41. The molecule has 0 aromatic heterocycles. The highest BCUT2D eigenvalue weighted by Gasteiger charge is 2.43. The van der Waals surface area contributed by atoms with Crippen LogP contribution in [0.25, 0.3) is 10.4 Å². The van der Waals surface area contributed by atoms with Crippen LogP contribution in [0.15, 0.2) is 65.8 Å². The van der Waals surface area contributed by atoms with Crippen molar-refractivity contribution in [3.63, 3.8) is 0 Å². The molecule has 0 bridgehead atoms. The Kier molecular flexibility index (Phi) is 9.49. The predicted molar refractivity (Wildman–Crippen MR) is 115 cm³/mol. The van der Waals surface area contributed by atoms with Gasteiger partial charge in [0.05, 0.1) is 26.4 Å². The Labute approximate surface area is 186 Å². The largest absolute Gasteiger partial charge is 0.464 e. The van der Waals surface area contributed by atoms with Gasteiger partial charge >= 0.3 is 5.97 Å². The van der Waals surface area contributed by atoms with Crippen LogP contribution in [-0.4, -0.2) is 50.3 Å². The number of rotatable bonds is 11. The van der Waals surface area contributed by atoms with E-state index in [9.17, 15) is 4.79 Å². The van der Waals surface area contributed by atoms with E-state index < -0.39 is 30.5 Å². The maximum atomic E-state index is 11.9. The van der Waals surface area contributed by atoms with Gasteiger partial charge in [-0.1, -0.05) is 65.8 Å². The molecule has 0 N–H and O–H groups in total. The Morgan fingerprint density at radius 3 is 2.22 bits per heavy atom. The van der Waals surface area contributed by atoms with Crippen molar-refractivity contribution in [3.05, 3.63) is 82.2 Å². The zero-order valence-corrected chi connectivity index (χ0v) is 17.9. The molecule has 170 valence electrons. The van der Waals surface area contributed by atoms with Crippen LogP contribution in [0, 0.1) is 0 Å². The molecule has 32 heavy (non-hydrogen) atoms. The predicted octanol–water partition coefficient (Wildman–Crippen LogP) is 3.77. The van der Waals surface area contributed by atoms with Crippen molar-refractivity contribution >= 4 is 5.97 Å². The van der Waals surface area contributed by atoms with E-state index >= 15 is 0 Å². The molecule has 4 atom stereocenters. The monoisotopic (exact) mass is 441 g/mol. The molecule has 1 aliphatic rings. The molecule has 1 heterocycles. The summed E-state index contributed by atoms with van der Waals surface area (Å²) in [5.74, 6) is -0.527. The van der Waals surface area contributed by atoms with E-state index in [1.54, 1.807) is 6.92 Å². The Balaban J connectivity index is 1.76. The Bertz CT molecular complexity index is 876. The number of hydrogen-bond acceptors (Lipinski definition) is 7. The number of carbonyl (C=O) groups excluding carboxylic acids is 1. The van der Waals surface area contributed by atoms with Gasteiger partial charge in [0.1, 0.15) is 24.9 Å². The van der Waals surface area contributed by atoms with Crippen LogP contribution >= 0.6 is 0 Å². The van der Waals surface area contributed by atoms with E-state index in [0.29, 0.717) is 13.2 Å². The highest BCUT2D eigenvalue weighted by molar-refractivity contribution is 5.70. The van der Waals surface area contributed by atoms with Crippen molar-refractivity contribution in [2.75, 3.05) is 19.8 Å². The summed E-state index contributed by atoms with van der Waals surface area (Å²) in [5.41, 5.74) is 10.9. The average molecular weight is 441 g/mol. The summed E-state index contributed by atoms with van der Waals surface area (Å²) in [6.07, 6.45) is -2.96. The van der Waals surface area contributed by atoms with E-state index in [-0.39, 0.29) is 19.8 Å². The van der Waals surface area contributed by atoms with Crippen LogP contribution in [0.3, 0.4) is 0 Å². The zero-order chi connectivity index (χ0) is 22.6. The van der Waals surface area contributed by atoms with Gasteiger partial charge in [0.25, 0.3) is 0 Å². The third-order valence-electron chi connectivity index (χ3n) is 4.86. The summed E-state index contributed by atoms with van der Waals surface area (Å²) >= 11 is 0. The second-order valence-electron chi connectivity index (χ2n) is 7.11. The SMILES string of the molecule is CCOC(=O)CO[C@@H]1[C@@H](OCc2ccccc2)[C@H](OCc2ccccc2)CO[C@H]1N=[N+]=[N-]. The number of ether oxygens (including phenoxy) is 5. The van der Waals surface area contributed by atoms with Crippen molar-refractivity contribution in [2.45, 2.75) is 44.7 Å². The Morgan fingerprint density at radius 2 is 1.62 bits per heavy atom. The highest BCUT2D eigenvalue weighted by Crippen LogP contribution is 2.26. The van der Waals surface area contributed by atoms with Crippen molar-refractivity contribution in [3.8, 4) is 0 Å². The minimum absolute atomic E-state index is 0.148. The zero-order valence-electron chi connectivity index (χ0n) is 17.9. The number of hydrogen-bond donors (Lipinski definition) is 0. The van der Waals surface area contributed by atoms with Gasteiger partial charge in [0.15, 0.2) is 6.23 Å². The Morgan fingerprint density at radius 1 is 1.00 bits per heavy atom. The molecule has 1 aliphatic heterocycles. The van der Waals surface area contributed by atoms with E-state index in [2.05, 4.69) is 10.0 Å². The van der Waals surface area contributed by atoms with E-state index in [4.69, 9.17) is 29.2 Å². The molecule has 0 radical (unpaired) electrons. The first-order valence-corrected chi connectivity index (χ1v) is 10.5. The summed E-state index contributed by atoms with van der Waals surface area (Å²) in [7, 11) is 0. The second-order valence-corrected chi connectivity index (χ2v) is 7.11. The molecule has 0 unspecified atom stereocenters. The fourth-order valence-electron chi connectivity index (χ4n) is 3.34. The molecule has 2 aromatic carbocycles. The molecule has 3 rings (SSSR count). The molecular weight excluding hydrogens is 414 g/mol. The van der Waals surface area contributed by atoms with Crippen LogP contribution in [0.5, 0.6) is 0 Å². The van der Waals surface area contributed by atoms with Crippen LogP contribution in [0.4, 0.5) is 0 Å². The van der Waals surface area contributed by atoms with Crippen LogP contribution < -0.4 is 0 Å². The summed E-state index contributed by atoms with van der Waals surface area (Å²) < 4.78 is 28.7. The van der Waals surface area contributed by atoms with Crippen molar-refractivity contribution in [1.82, 2.24) is 0 Å². The van der Waals surface area contributed by atoms with Gasteiger partial charge in [-0.15, -0.1) is 0 Å². The molecule has 0 saturated carbocycles. The fourth-order valence-corrected chi connectivity index (χ4v) is 3.34.